The lowest BCUT2D eigenvalue weighted by Crippen LogP contribution is -2.44. The van der Waals surface area contributed by atoms with Gasteiger partial charge in [0.15, 0.2) is 0 Å². The van der Waals surface area contributed by atoms with Crippen LogP contribution in [0.1, 0.15) is 27.6 Å². The van der Waals surface area contributed by atoms with Gasteiger partial charge in [-0.3, -0.25) is 14.5 Å². The summed E-state index contributed by atoms with van der Waals surface area (Å²) in [6.45, 7) is 5.72. The number of nitrogens with zero attached hydrogens (tertiary/aromatic N) is 2. The van der Waals surface area contributed by atoms with Crippen molar-refractivity contribution in [1.82, 2.24) is 15.1 Å². The molecule has 0 aliphatic carbocycles. The summed E-state index contributed by atoms with van der Waals surface area (Å²) in [5, 5.41) is 6.61. The molecule has 3 aromatic rings. The third-order valence-electron chi connectivity index (χ3n) is 5.77. The monoisotopic (exact) mass is 405 g/mol. The van der Waals surface area contributed by atoms with Crippen LogP contribution in [-0.4, -0.2) is 68.5 Å². The van der Waals surface area contributed by atoms with Crippen LogP contribution < -0.4 is 10.1 Å². The number of carbonyl (C=O) groups is 2. The zero-order chi connectivity index (χ0) is 21.3. The van der Waals surface area contributed by atoms with E-state index in [4.69, 9.17) is 4.74 Å². The molecule has 1 N–H and O–H groups in total. The zero-order valence-corrected chi connectivity index (χ0v) is 17.7. The van der Waals surface area contributed by atoms with Crippen molar-refractivity contribution in [2.24, 2.45) is 0 Å². The zero-order valence-electron chi connectivity index (χ0n) is 17.7. The molecule has 0 atom stereocenters. The fraction of sp³-hybridized carbons (Fsp3) is 0.333. The number of hydrogen-bond acceptors (Lipinski definition) is 5. The molecular weight excluding hydrogens is 378 g/mol. The lowest BCUT2D eigenvalue weighted by molar-refractivity contribution is 0.0599. The van der Waals surface area contributed by atoms with Gasteiger partial charge in [0.25, 0.3) is 11.8 Å². The molecule has 0 bridgehead atoms. The number of likely N-dealkylation sites (N-methyl/N-ethyl adjacent to an activating group) is 2. The second-order valence-electron chi connectivity index (χ2n) is 7.63. The molecule has 1 aliphatic heterocycles. The van der Waals surface area contributed by atoms with Crippen molar-refractivity contribution in [2.45, 2.75) is 6.92 Å². The van der Waals surface area contributed by atoms with Gasteiger partial charge in [-0.15, -0.1) is 0 Å². The van der Waals surface area contributed by atoms with Gasteiger partial charge in [0, 0.05) is 42.5 Å². The Kier molecular flexibility index (Phi) is 5.70. The quantitative estimate of drug-likeness (QED) is 0.354. The Morgan fingerprint density at radius 2 is 1.83 bits per heavy atom. The molecule has 6 heteroatoms. The van der Waals surface area contributed by atoms with E-state index in [1.807, 2.05) is 43.4 Å². The first kappa shape index (κ1) is 20.3. The van der Waals surface area contributed by atoms with Gasteiger partial charge < -0.3 is 15.0 Å². The Bertz CT molecular complexity index is 1130. The number of methoxy groups -OCH3 is 1. The molecule has 0 aromatic heterocycles. The minimum absolute atomic E-state index is 0.234. The first-order chi connectivity index (χ1) is 14.6. The van der Waals surface area contributed by atoms with Crippen molar-refractivity contribution in [3.05, 3.63) is 53.6 Å². The summed E-state index contributed by atoms with van der Waals surface area (Å²) in [6.07, 6.45) is 0. The van der Waals surface area contributed by atoms with E-state index in [1.165, 1.54) is 4.90 Å². The van der Waals surface area contributed by atoms with Gasteiger partial charge in [-0.1, -0.05) is 31.2 Å². The highest BCUT2D eigenvalue weighted by Crippen LogP contribution is 2.39. The normalized spacial score (nSPS) is 13.7. The van der Waals surface area contributed by atoms with Gasteiger partial charge in [-0.25, -0.2) is 0 Å². The molecule has 1 aliphatic rings. The molecule has 156 valence electrons. The van der Waals surface area contributed by atoms with Gasteiger partial charge in [-0.05, 0) is 42.6 Å². The molecular formula is C24H27N3O3. The Morgan fingerprint density at radius 1 is 1.03 bits per heavy atom. The highest BCUT2D eigenvalue weighted by atomic mass is 16.5. The highest BCUT2D eigenvalue weighted by molar-refractivity contribution is 6.31. The Morgan fingerprint density at radius 3 is 2.60 bits per heavy atom. The van der Waals surface area contributed by atoms with Crippen LogP contribution in [0.15, 0.2) is 42.5 Å². The van der Waals surface area contributed by atoms with E-state index < -0.39 is 0 Å². The van der Waals surface area contributed by atoms with Gasteiger partial charge in [-0.2, -0.15) is 0 Å². The maximum absolute atomic E-state index is 13.5. The van der Waals surface area contributed by atoms with Crippen molar-refractivity contribution in [3.8, 4) is 5.75 Å². The number of imide groups is 1. The molecule has 0 unspecified atom stereocenters. The number of fused-ring (bicyclic) bond motifs is 2. The molecule has 0 saturated carbocycles. The molecule has 0 fully saturated rings. The lowest BCUT2D eigenvalue weighted by Gasteiger charge is -2.30. The largest absolute Gasteiger partial charge is 0.496 e. The van der Waals surface area contributed by atoms with Crippen molar-refractivity contribution in [1.29, 1.82) is 0 Å². The van der Waals surface area contributed by atoms with E-state index in [1.54, 1.807) is 13.2 Å². The summed E-state index contributed by atoms with van der Waals surface area (Å²) in [7, 11) is 3.61. The first-order valence-corrected chi connectivity index (χ1v) is 10.3. The van der Waals surface area contributed by atoms with Crippen molar-refractivity contribution >= 4 is 33.4 Å². The van der Waals surface area contributed by atoms with Gasteiger partial charge >= 0.3 is 0 Å². The topological polar surface area (TPSA) is 61.9 Å². The summed E-state index contributed by atoms with van der Waals surface area (Å²) in [5.41, 5.74) is 1.15. The number of hydrogen-bond donors (Lipinski definition) is 1. The molecule has 2 amide bonds. The van der Waals surface area contributed by atoms with Crippen LogP contribution in [0.2, 0.25) is 0 Å². The lowest BCUT2D eigenvalue weighted by atomic mass is 9.89. The predicted molar refractivity (Wildman–Crippen MR) is 119 cm³/mol. The van der Waals surface area contributed by atoms with E-state index in [0.717, 1.165) is 35.8 Å². The van der Waals surface area contributed by atoms with Crippen LogP contribution in [0, 0.1) is 0 Å². The second kappa shape index (κ2) is 8.42. The average Bonchev–Trinajstić information content (AvgIpc) is 2.76. The molecule has 30 heavy (non-hydrogen) atoms. The predicted octanol–water partition coefficient (Wildman–Crippen LogP) is 3.14. The first-order valence-electron chi connectivity index (χ1n) is 10.3. The third kappa shape index (κ3) is 3.42. The molecule has 4 rings (SSSR count). The summed E-state index contributed by atoms with van der Waals surface area (Å²) < 4.78 is 5.53. The van der Waals surface area contributed by atoms with Gasteiger partial charge in [0.05, 0.1) is 12.7 Å². The van der Waals surface area contributed by atoms with E-state index in [9.17, 15) is 9.59 Å². The fourth-order valence-corrected chi connectivity index (χ4v) is 4.14. The third-order valence-corrected chi connectivity index (χ3v) is 5.77. The van der Waals surface area contributed by atoms with Crippen LogP contribution in [0.4, 0.5) is 0 Å². The molecule has 6 nitrogen and oxygen atoms in total. The second-order valence-corrected chi connectivity index (χ2v) is 7.63. The van der Waals surface area contributed by atoms with E-state index in [0.29, 0.717) is 35.4 Å². The van der Waals surface area contributed by atoms with Crippen LogP contribution >= 0.6 is 0 Å². The minimum atomic E-state index is -0.240. The minimum Gasteiger partial charge on any atom is -0.496 e. The maximum Gasteiger partial charge on any atom is 0.262 e. The number of carbonyl (C=O) groups excluding carboxylic acids is 2. The Balaban J connectivity index is 1.76. The van der Waals surface area contributed by atoms with E-state index in [-0.39, 0.29) is 11.8 Å². The standard InChI is InChI=1S/C24H27N3O3/c1-4-25-11-12-26(2)13-14-27-23(28)18-9-10-20(30-3)19-15-16-7-5-6-8-17(16)22(21(18)19)24(27)29/h5-10,15,25H,4,11-14H2,1-3H3. The van der Waals surface area contributed by atoms with Crippen LogP contribution in [0.3, 0.4) is 0 Å². The molecule has 0 radical (unpaired) electrons. The number of rotatable bonds is 8. The number of ether oxygens (including phenoxy) is 1. The van der Waals surface area contributed by atoms with Crippen LogP contribution in [-0.2, 0) is 0 Å². The summed E-state index contributed by atoms with van der Waals surface area (Å²) in [6, 6.07) is 13.4. The van der Waals surface area contributed by atoms with Crippen molar-refractivity contribution in [2.75, 3.05) is 46.9 Å². The number of amides is 2. The molecule has 3 aromatic carbocycles. The fourth-order valence-electron chi connectivity index (χ4n) is 4.14. The maximum atomic E-state index is 13.5. The summed E-state index contributed by atoms with van der Waals surface area (Å²) in [5.74, 6) is 0.191. The summed E-state index contributed by atoms with van der Waals surface area (Å²) in [4.78, 5) is 30.3. The number of benzene rings is 3. The molecule has 0 spiro atoms. The van der Waals surface area contributed by atoms with E-state index in [2.05, 4.69) is 17.1 Å². The van der Waals surface area contributed by atoms with E-state index >= 15 is 0 Å². The molecule has 1 heterocycles. The van der Waals surface area contributed by atoms with Gasteiger partial charge in [0.1, 0.15) is 5.75 Å². The summed E-state index contributed by atoms with van der Waals surface area (Å²) >= 11 is 0. The smallest absolute Gasteiger partial charge is 0.262 e. The average molecular weight is 405 g/mol. The SMILES string of the molecule is CCNCCN(C)CCN1C(=O)c2ccc(OC)c3cc4ccccc4c(c23)C1=O. The Labute approximate surface area is 176 Å². The van der Waals surface area contributed by atoms with Crippen LogP contribution in [0.5, 0.6) is 5.75 Å². The molecule has 0 saturated heterocycles. The van der Waals surface area contributed by atoms with Gasteiger partial charge in [0.2, 0.25) is 0 Å². The van der Waals surface area contributed by atoms with Crippen molar-refractivity contribution in [3.63, 3.8) is 0 Å². The Hall–Kier alpha value is -2.96. The highest BCUT2D eigenvalue weighted by Gasteiger charge is 2.34. The number of nitrogens with one attached hydrogen (secondary N) is 1. The van der Waals surface area contributed by atoms with Crippen LogP contribution in [0.25, 0.3) is 21.5 Å². The van der Waals surface area contributed by atoms with Crippen molar-refractivity contribution < 1.29 is 14.3 Å².